The SMILES string of the molecule is CC(=O)O[C@@H]1CN(Cc2ccccc2)C[C@H]1N1CCN(S(=O)(=O)c2cc(C)c(Cl)cc2C)CC1. The molecule has 2 aliphatic heterocycles. The van der Waals surface area contributed by atoms with Crippen molar-refractivity contribution in [1.82, 2.24) is 14.1 Å². The van der Waals surface area contributed by atoms with Crippen LogP contribution >= 0.6 is 11.6 Å². The van der Waals surface area contributed by atoms with Crippen LogP contribution in [0.3, 0.4) is 0 Å². The number of carbonyl (C=O) groups excluding carboxylic acids is 1. The minimum Gasteiger partial charge on any atom is -0.459 e. The average molecular weight is 506 g/mol. The van der Waals surface area contributed by atoms with Crippen molar-refractivity contribution >= 4 is 27.6 Å². The summed E-state index contributed by atoms with van der Waals surface area (Å²) in [5, 5.41) is 0.569. The van der Waals surface area contributed by atoms with Crippen LogP contribution in [0.4, 0.5) is 0 Å². The molecular formula is C25H32ClN3O4S. The molecule has 9 heteroatoms. The number of sulfonamides is 1. The number of likely N-dealkylation sites (tertiary alicyclic amines) is 1. The molecule has 34 heavy (non-hydrogen) atoms. The standard InChI is InChI=1S/C25H32ClN3O4S/c1-18-14-25(19(2)13-22(18)26)34(31,32)29-11-9-28(10-12-29)23-16-27(17-24(23)33-20(3)30)15-21-7-5-4-6-8-21/h4-8,13-14,23-24H,9-12,15-17H2,1-3H3/t23-,24-/m1/s1. The molecule has 0 radical (unpaired) electrons. The van der Waals surface area contributed by atoms with Gasteiger partial charge >= 0.3 is 5.97 Å². The first kappa shape index (κ1) is 25.1. The molecule has 0 bridgehead atoms. The lowest BCUT2D eigenvalue weighted by Crippen LogP contribution is -2.55. The van der Waals surface area contributed by atoms with Crippen molar-refractivity contribution in [3.05, 3.63) is 64.2 Å². The van der Waals surface area contributed by atoms with Crippen molar-refractivity contribution in [3.63, 3.8) is 0 Å². The number of rotatable bonds is 6. The van der Waals surface area contributed by atoms with Gasteiger partial charge in [-0.1, -0.05) is 41.9 Å². The van der Waals surface area contributed by atoms with Crippen LogP contribution in [-0.2, 0) is 26.1 Å². The number of benzene rings is 2. The van der Waals surface area contributed by atoms with Crippen molar-refractivity contribution in [2.45, 2.75) is 44.4 Å². The minimum atomic E-state index is -3.61. The van der Waals surface area contributed by atoms with E-state index in [1.54, 1.807) is 23.4 Å². The number of esters is 1. The van der Waals surface area contributed by atoms with Gasteiger partial charge in [-0.15, -0.1) is 0 Å². The van der Waals surface area contributed by atoms with Gasteiger partial charge in [-0.25, -0.2) is 8.42 Å². The van der Waals surface area contributed by atoms with Gasteiger partial charge in [0.25, 0.3) is 0 Å². The van der Waals surface area contributed by atoms with Crippen LogP contribution in [0.1, 0.15) is 23.6 Å². The van der Waals surface area contributed by atoms with Crippen molar-refractivity contribution < 1.29 is 17.9 Å². The Morgan fingerprint density at radius 2 is 1.71 bits per heavy atom. The summed E-state index contributed by atoms with van der Waals surface area (Å²) in [6.45, 7) is 9.23. The molecular weight excluding hydrogens is 474 g/mol. The molecule has 0 amide bonds. The maximum atomic E-state index is 13.4. The molecule has 0 unspecified atom stereocenters. The Kier molecular flexibility index (Phi) is 7.64. The van der Waals surface area contributed by atoms with E-state index in [4.69, 9.17) is 16.3 Å². The molecule has 0 saturated carbocycles. The number of hydrogen-bond acceptors (Lipinski definition) is 6. The van der Waals surface area contributed by atoms with Crippen molar-refractivity contribution in [1.29, 1.82) is 0 Å². The van der Waals surface area contributed by atoms with Crippen molar-refractivity contribution in [2.75, 3.05) is 39.3 Å². The predicted molar refractivity (Wildman–Crippen MR) is 132 cm³/mol. The van der Waals surface area contributed by atoms with E-state index in [0.717, 1.165) is 18.7 Å². The van der Waals surface area contributed by atoms with E-state index in [9.17, 15) is 13.2 Å². The van der Waals surface area contributed by atoms with Gasteiger partial charge in [0, 0.05) is 57.8 Å². The number of hydrogen-bond donors (Lipinski definition) is 0. The quantitative estimate of drug-likeness (QED) is 0.562. The van der Waals surface area contributed by atoms with E-state index in [-0.39, 0.29) is 18.1 Å². The molecule has 2 aromatic carbocycles. The highest BCUT2D eigenvalue weighted by molar-refractivity contribution is 7.89. The summed E-state index contributed by atoms with van der Waals surface area (Å²) in [7, 11) is -3.61. The summed E-state index contributed by atoms with van der Waals surface area (Å²) in [6, 6.07) is 13.6. The molecule has 2 saturated heterocycles. The van der Waals surface area contributed by atoms with E-state index < -0.39 is 10.0 Å². The maximum Gasteiger partial charge on any atom is 0.303 e. The van der Waals surface area contributed by atoms with E-state index in [1.165, 1.54) is 12.5 Å². The van der Waals surface area contributed by atoms with Gasteiger partial charge in [0.2, 0.25) is 10.0 Å². The van der Waals surface area contributed by atoms with Gasteiger partial charge in [-0.2, -0.15) is 4.31 Å². The molecule has 0 N–H and O–H groups in total. The van der Waals surface area contributed by atoms with Crippen molar-refractivity contribution in [2.24, 2.45) is 0 Å². The predicted octanol–water partition coefficient (Wildman–Crippen LogP) is 3.08. The summed E-state index contributed by atoms with van der Waals surface area (Å²) in [4.78, 5) is 16.6. The zero-order valence-electron chi connectivity index (χ0n) is 19.9. The Bertz CT molecular complexity index is 1130. The minimum absolute atomic E-state index is 0.0389. The Morgan fingerprint density at radius 3 is 2.35 bits per heavy atom. The molecule has 184 valence electrons. The van der Waals surface area contributed by atoms with Crippen LogP contribution in [0.25, 0.3) is 0 Å². The summed E-state index contributed by atoms with van der Waals surface area (Å²) < 4.78 is 33.9. The first-order valence-electron chi connectivity index (χ1n) is 11.6. The molecule has 2 aromatic rings. The van der Waals surface area contributed by atoms with Crippen LogP contribution in [0.2, 0.25) is 5.02 Å². The van der Waals surface area contributed by atoms with E-state index >= 15 is 0 Å². The summed E-state index contributed by atoms with van der Waals surface area (Å²) in [5.74, 6) is -0.286. The van der Waals surface area contributed by atoms with Gasteiger partial charge in [-0.05, 0) is 42.7 Å². The van der Waals surface area contributed by atoms with E-state index in [1.807, 2.05) is 25.1 Å². The second-order valence-corrected chi connectivity index (χ2v) is 11.5. The smallest absolute Gasteiger partial charge is 0.303 e. The third kappa shape index (κ3) is 5.47. The first-order chi connectivity index (χ1) is 16.1. The monoisotopic (exact) mass is 505 g/mol. The third-order valence-corrected chi connectivity index (χ3v) is 9.14. The molecule has 2 fully saturated rings. The second kappa shape index (κ2) is 10.3. The van der Waals surface area contributed by atoms with E-state index in [0.29, 0.717) is 48.2 Å². The topological polar surface area (TPSA) is 70.2 Å². The number of aryl methyl sites for hydroxylation is 2. The number of ether oxygens (including phenoxy) is 1. The Balaban J connectivity index is 1.44. The lowest BCUT2D eigenvalue weighted by molar-refractivity contribution is -0.148. The molecule has 4 rings (SSSR count). The zero-order chi connectivity index (χ0) is 24.5. The zero-order valence-corrected chi connectivity index (χ0v) is 21.5. The van der Waals surface area contributed by atoms with Crippen LogP contribution in [0.15, 0.2) is 47.4 Å². The summed E-state index contributed by atoms with van der Waals surface area (Å²) in [6.07, 6.45) is -0.231. The Hall–Kier alpha value is -1.97. The lowest BCUT2D eigenvalue weighted by Gasteiger charge is -2.39. The van der Waals surface area contributed by atoms with Crippen molar-refractivity contribution in [3.8, 4) is 0 Å². The molecule has 2 heterocycles. The number of piperazine rings is 1. The number of carbonyl (C=O) groups is 1. The third-order valence-electron chi connectivity index (χ3n) is 6.70. The number of halogens is 1. The van der Waals surface area contributed by atoms with Gasteiger partial charge in [0.15, 0.2) is 0 Å². The fraction of sp³-hybridized carbons (Fsp3) is 0.480. The van der Waals surface area contributed by atoms with Crippen LogP contribution < -0.4 is 0 Å². The first-order valence-corrected chi connectivity index (χ1v) is 13.4. The van der Waals surface area contributed by atoms with Gasteiger partial charge in [0.05, 0.1) is 10.9 Å². The van der Waals surface area contributed by atoms with Gasteiger partial charge in [0.1, 0.15) is 6.10 Å². The lowest BCUT2D eigenvalue weighted by atomic mass is 10.1. The molecule has 0 spiro atoms. The highest BCUT2D eigenvalue weighted by Gasteiger charge is 2.41. The highest BCUT2D eigenvalue weighted by Crippen LogP contribution is 2.28. The summed E-state index contributed by atoms with van der Waals surface area (Å²) >= 11 is 6.17. The number of nitrogens with zero attached hydrogens (tertiary/aromatic N) is 3. The van der Waals surface area contributed by atoms with Crippen LogP contribution in [0, 0.1) is 13.8 Å². The fourth-order valence-electron chi connectivity index (χ4n) is 4.93. The maximum absolute atomic E-state index is 13.4. The van der Waals surface area contributed by atoms with Gasteiger partial charge < -0.3 is 4.74 Å². The van der Waals surface area contributed by atoms with Crippen LogP contribution in [0.5, 0.6) is 0 Å². The molecule has 2 atom stereocenters. The molecule has 7 nitrogen and oxygen atoms in total. The summed E-state index contributed by atoms with van der Waals surface area (Å²) in [5.41, 5.74) is 2.62. The second-order valence-electron chi connectivity index (χ2n) is 9.20. The van der Waals surface area contributed by atoms with Crippen LogP contribution in [-0.4, -0.2) is 79.9 Å². The molecule has 0 aromatic heterocycles. The Morgan fingerprint density at radius 1 is 1.03 bits per heavy atom. The molecule has 2 aliphatic rings. The largest absolute Gasteiger partial charge is 0.459 e. The Labute approximate surface area is 207 Å². The van der Waals surface area contributed by atoms with Gasteiger partial charge in [-0.3, -0.25) is 14.6 Å². The molecule has 0 aliphatic carbocycles. The normalized spacial score (nSPS) is 22.7. The highest BCUT2D eigenvalue weighted by atomic mass is 35.5. The fourth-order valence-corrected chi connectivity index (χ4v) is 6.86. The average Bonchev–Trinajstić information content (AvgIpc) is 3.18. The van der Waals surface area contributed by atoms with E-state index in [2.05, 4.69) is 21.9 Å².